The van der Waals surface area contributed by atoms with Gasteiger partial charge in [-0.3, -0.25) is 4.79 Å². The topological polar surface area (TPSA) is 138 Å². The van der Waals surface area contributed by atoms with Gasteiger partial charge in [-0.1, -0.05) is 19.7 Å². The van der Waals surface area contributed by atoms with E-state index in [1.807, 2.05) is 0 Å². The van der Waals surface area contributed by atoms with Crippen LogP contribution >= 0.6 is 0 Å². The van der Waals surface area contributed by atoms with Crippen molar-refractivity contribution in [3.63, 3.8) is 0 Å². The molecular weight excluding hydrogens is 308 g/mol. The Balaban J connectivity index is -0.000000240. The first-order valence-corrected chi connectivity index (χ1v) is 6.42. The Labute approximate surface area is 134 Å². The number of hydrogen-bond acceptors (Lipinski definition) is 5. The normalized spacial score (nSPS) is 11.7. The van der Waals surface area contributed by atoms with Gasteiger partial charge < -0.3 is 20.1 Å². The van der Waals surface area contributed by atoms with Crippen LogP contribution < -0.4 is 0 Å². The van der Waals surface area contributed by atoms with Crippen molar-refractivity contribution in [2.45, 2.75) is 25.7 Å². The van der Waals surface area contributed by atoms with Crippen LogP contribution in [-0.4, -0.2) is 45.8 Å². The molecular formula is C15H22O8. The van der Waals surface area contributed by atoms with Gasteiger partial charge in [0.25, 0.3) is 0 Å². The van der Waals surface area contributed by atoms with Crippen LogP contribution in [0.2, 0.25) is 0 Å². The molecule has 0 aromatic rings. The van der Waals surface area contributed by atoms with E-state index < -0.39 is 17.9 Å². The monoisotopic (exact) mass is 330 g/mol. The van der Waals surface area contributed by atoms with Crippen molar-refractivity contribution in [3.05, 3.63) is 38.0 Å². The average Bonchev–Trinajstić information content (AvgIpc) is 2.76. The maximum Gasteiger partial charge on any atom is 0.327 e. The van der Waals surface area contributed by atoms with E-state index in [0.717, 1.165) is 37.5 Å². The number of rotatable bonds is 3. The highest BCUT2D eigenvalue weighted by Crippen LogP contribution is 2.06. The zero-order chi connectivity index (χ0) is 18.7. The highest BCUT2D eigenvalue weighted by molar-refractivity contribution is 5.79. The average molecular weight is 330 g/mol. The Kier molecular flexibility index (Phi) is 20.8. The van der Waals surface area contributed by atoms with Crippen molar-refractivity contribution in [1.82, 2.24) is 0 Å². The molecule has 1 heterocycles. The zero-order valence-corrected chi connectivity index (χ0v) is 12.8. The van der Waals surface area contributed by atoms with Gasteiger partial charge in [-0.2, -0.15) is 0 Å². The molecule has 0 atom stereocenters. The van der Waals surface area contributed by atoms with E-state index in [-0.39, 0.29) is 5.97 Å². The van der Waals surface area contributed by atoms with Gasteiger partial charge in [-0.15, -0.1) is 0 Å². The second-order valence-electron chi connectivity index (χ2n) is 3.66. The van der Waals surface area contributed by atoms with Gasteiger partial charge >= 0.3 is 23.9 Å². The van der Waals surface area contributed by atoms with E-state index in [4.69, 9.17) is 20.1 Å². The van der Waals surface area contributed by atoms with Crippen molar-refractivity contribution in [2.24, 2.45) is 0 Å². The first kappa shape index (κ1) is 25.1. The van der Waals surface area contributed by atoms with Gasteiger partial charge in [0, 0.05) is 24.6 Å². The zero-order valence-electron chi connectivity index (χ0n) is 12.8. The van der Waals surface area contributed by atoms with Crippen LogP contribution in [0, 0.1) is 0 Å². The van der Waals surface area contributed by atoms with E-state index >= 15 is 0 Å². The third-order valence-electron chi connectivity index (χ3n) is 1.81. The van der Waals surface area contributed by atoms with Gasteiger partial charge in [0.05, 0.1) is 6.61 Å². The molecule has 1 aliphatic rings. The number of aliphatic carboxylic acids is 3. The molecule has 0 bridgehead atoms. The maximum atomic E-state index is 10.5. The Morgan fingerprint density at radius 1 is 0.826 bits per heavy atom. The fraction of sp³-hybridized carbons (Fsp3) is 0.333. The Morgan fingerprint density at radius 2 is 1.17 bits per heavy atom. The molecule has 130 valence electrons. The summed E-state index contributed by atoms with van der Waals surface area (Å²) in [4.78, 5) is 38.2. The minimum atomic E-state index is -0.981. The highest BCUT2D eigenvalue weighted by Gasteiger charge is 2.05. The van der Waals surface area contributed by atoms with Gasteiger partial charge in [0.15, 0.2) is 0 Å². The number of carboxylic acids is 3. The molecule has 0 spiro atoms. The van der Waals surface area contributed by atoms with E-state index in [1.165, 1.54) is 0 Å². The van der Waals surface area contributed by atoms with E-state index in [0.29, 0.717) is 13.0 Å². The molecule has 0 aromatic heterocycles. The van der Waals surface area contributed by atoms with Crippen molar-refractivity contribution < 1.29 is 39.2 Å². The van der Waals surface area contributed by atoms with Crippen LogP contribution in [0.15, 0.2) is 38.0 Å². The van der Waals surface area contributed by atoms with Gasteiger partial charge in [0.1, 0.15) is 0 Å². The molecule has 0 radical (unpaired) electrons. The number of carboxylic acid groups (broad SMARTS) is 3. The molecule has 0 saturated carbocycles. The van der Waals surface area contributed by atoms with E-state index in [1.54, 1.807) is 0 Å². The molecule has 1 rings (SSSR count). The smallest absolute Gasteiger partial charge is 0.327 e. The summed E-state index contributed by atoms with van der Waals surface area (Å²) < 4.78 is 4.76. The summed E-state index contributed by atoms with van der Waals surface area (Å²) in [7, 11) is 0. The Morgan fingerprint density at radius 3 is 1.48 bits per heavy atom. The molecule has 0 aliphatic carbocycles. The Hall–Kier alpha value is -2.90. The first-order chi connectivity index (χ1) is 10.7. The van der Waals surface area contributed by atoms with Crippen molar-refractivity contribution >= 4 is 23.9 Å². The summed E-state index contributed by atoms with van der Waals surface area (Å²) >= 11 is 0. The largest absolute Gasteiger partial charge is 0.478 e. The van der Waals surface area contributed by atoms with Crippen LogP contribution in [0.5, 0.6) is 0 Å². The second-order valence-corrected chi connectivity index (χ2v) is 3.66. The predicted molar refractivity (Wildman–Crippen MR) is 82.9 cm³/mol. The van der Waals surface area contributed by atoms with Gasteiger partial charge in [-0.25, -0.2) is 14.4 Å². The van der Waals surface area contributed by atoms with E-state index in [9.17, 15) is 19.2 Å². The summed E-state index contributed by atoms with van der Waals surface area (Å²) in [5.41, 5.74) is 0. The molecule has 8 heteroatoms. The van der Waals surface area contributed by atoms with E-state index in [2.05, 4.69) is 19.7 Å². The van der Waals surface area contributed by atoms with Crippen LogP contribution in [0.3, 0.4) is 0 Å². The van der Waals surface area contributed by atoms with Crippen LogP contribution in [0.4, 0.5) is 0 Å². The number of esters is 1. The lowest BCUT2D eigenvalue weighted by Crippen LogP contribution is -2.00. The molecule has 0 amide bonds. The quantitative estimate of drug-likeness (QED) is 0.526. The number of hydrogen-bond donors (Lipinski definition) is 3. The molecule has 3 N–H and O–H groups in total. The van der Waals surface area contributed by atoms with Crippen LogP contribution in [0.1, 0.15) is 25.7 Å². The minimum Gasteiger partial charge on any atom is -0.478 e. The molecule has 1 saturated heterocycles. The van der Waals surface area contributed by atoms with Crippen molar-refractivity contribution in [2.75, 3.05) is 6.61 Å². The predicted octanol–water partition coefficient (Wildman–Crippen LogP) is 1.87. The first-order valence-electron chi connectivity index (χ1n) is 6.42. The standard InChI is InChI=1S/C6H10O2.3C3H4O2/c7-6-4-2-1-3-5-8-6;3*1-2-3(4)5/h1-5H2;3*2H,1H2,(H,4,5). The van der Waals surface area contributed by atoms with Gasteiger partial charge in [0.2, 0.25) is 0 Å². The molecule has 1 aliphatic heterocycles. The fourth-order valence-corrected chi connectivity index (χ4v) is 0.806. The number of ether oxygens (including phenoxy) is 1. The SMILES string of the molecule is C=CC(=O)O.C=CC(=O)O.C=CC(=O)O.O=C1CCCCCO1. The summed E-state index contributed by atoms with van der Waals surface area (Å²) in [5, 5.41) is 22.8. The number of carbonyl (C=O) groups excluding carboxylic acids is 1. The van der Waals surface area contributed by atoms with Crippen molar-refractivity contribution in [3.8, 4) is 0 Å². The van der Waals surface area contributed by atoms with Gasteiger partial charge in [-0.05, 0) is 19.3 Å². The third kappa shape index (κ3) is 38.1. The third-order valence-corrected chi connectivity index (χ3v) is 1.81. The maximum absolute atomic E-state index is 10.5. The Bertz CT molecular complexity index is 359. The van der Waals surface area contributed by atoms with Crippen LogP contribution in [0.25, 0.3) is 0 Å². The molecule has 8 nitrogen and oxygen atoms in total. The highest BCUT2D eigenvalue weighted by atomic mass is 16.5. The molecule has 0 aromatic carbocycles. The second kappa shape index (κ2) is 19.1. The fourth-order valence-electron chi connectivity index (χ4n) is 0.806. The number of cyclic esters (lactones) is 1. The van der Waals surface area contributed by atoms with Crippen LogP contribution in [-0.2, 0) is 23.9 Å². The summed E-state index contributed by atoms with van der Waals surface area (Å²) in [6.07, 6.45) is 6.33. The lowest BCUT2D eigenvalue weighted by atomic mass is 10.2. The molecule has 23 heavy (non-hydrogen) atoms. The molecule has 1 fully saturated rings. The lowest BCUT2D eigenvalue weighted by Gasteiger charge is -1.93. The summed E-state index contributed by atoms with van der Waals surface area (Å²) in [5.74, 6) is -2.97. The van der Waals surface area contributed by atoms with Crippen molar-refractivity contribution in [1.29, 1.82) is 0 Å². The number of carbonyl (C=O) groups is 4. The minimum absolute atomic E-state index is 0.0255. The lowest BCUT2D eigenvalue weighted by molar-refractivity contribution is -0.142. The summed E-state index contributed by atoms with van der Waals surface area (Å²) in [6, 6.07) is 0. The summed E-state index contributed by atoms with van der Waals surface area (Å²) in [6.45, 7) is 9.52. The molecule has 0 unspecified atom stereocenters.